The molecule has 0 aliphatic rings. The van der Waals surface area contributed by atoms with Crippen LogP contribution in [-0.4, -0.2) is 38.8 Å². The Morgan fingerprint density at radius 1 is 1.12 bits per heavy atom. The third kappa shape index (κ3) is 4.62. The second-order valence-corrected chi connectivity index (χ2v) is 8.56. The Bertz CT molecular complexity index is 906. The van der Waals surface area contributed by atoms with Gasteiger partial charge in [-0.2, -0.15) is 0 Å². The molecule has 0 saturated carbocycles. The zero-order chi connectivity index (χ0) is 19.5. The number of anilines is 1. The highest BCUT2D eigenvalue weighted by atomic mass is 32.2. The molecule has 2 rings (SSSR count). The van der Waals surface area contributed by atoms with Gasteiger partial charge in [-0.25, -0.2) is 12.7 Å². The van der Waals surface area contributed by atoms with Crippen LogP contribution in [-0.2, 0) is 10.0 Å². The predicted octanol–water partition coefficient (Wildman–Crippen LogP) is 3.28. The summed E-state index contributed by atoms with van der Waals surface area (Å²) in [5.74, 6) is 0.357. The standard InChI is InChI=1S/C19H24N2O4S/c1-13(2)25-16-9-10-18(14(3)11-16)20-19(22)15-7-6-8-17(12-15)26(23,24)21(4)5/h6-13H,1-5H3,(H,20,22). The molecule has 1 N–H and O–H groups in total. The summed E-state index contributed by atoms with van der Waals surface area (Å²) >= 11 is 0. The molecule has 2 aromatic carbocycles. The van der Waals surface area contributed by atoms with Crippen molar-refractivity contribution in [3.63, 3.8) is 0 Å². The zero-order valence-electron chi connectivity index (χ0n) is 15.6. The lowest BCUT2D eigenvalue weighted by atomic mass is 10.1. The summed E-state index contributed by atoms with van der Waals surface area (Å²) in [6.07, 6.45) is 0.0660. The summed E-state index contributed by atoms with van der Waals surface area (Å²) in [7, 11) is -0.693. The minimum atomic E-state index is -3.59. The van der Waals surface area contributed by atoms with Crippen molar-refractivity contribution in [3.05, 3.63) is 53.6 Å². The molecule has 0 unspecified atom stereocenters. The molecule has 0 atom stereocenters. The molecule has 0 radical (unpaired) electrons. The van der Waals surface area contributed by atoms with Gasteiger partial charge in [0.1, 0.15) is 5.75 Å². The molecule has 0 heterocycles. The van der Waals surface area contributed by atoms with Crippen LogP contribution in [0.25, 0.3) is 0 Å². The van der Waals surface area contributed by atoms with Crippen LogP contribution in [0, 0.1) is 6.92 Å². The van der Waals surface area contributed by atoms with Gasteiger partial charge >= 0.3 is 0 Å². The van der Waals surface area contributed by atoms with Gasteiger partial charge in [-0.3, -0.25) is 4.79 Å². The highest BCUT2D eigenvalue weighted by Crippen LogP contribution is 2.23. The van der Waals surface area contributed by atoms with Crippen molar-refractivity contribution in [3.8, 4) is 5.75 Å². The monoisotopic (exact) mass is 376 g/mol. The van der Waals surface area contributed by atoms with E-state index in [2.05, 4.69) is 5.32 Å². The van der Waals surface area contributed by atoms with Crippen LogP contribution in [0.3, 0.4) is 0 Å². The van der Waals surface area contributed by atoms with Crippen molar-refractivity contribution in [1.82, 2.24) is 4.31 Å². The van der Waals surface area contributed by atoms with Gasteiger partial charge in [-0.1, -0.05) is 6.07 Å². The van der Waals surface area contributed by atoms with E-state index in [1.165, 1.54) is 26.2 Å². The van der Waals surface area contributed by atoms with Gasteiger partial charge < -0.3 is 10.1 Å². The maximum atomic E-state index is 12.5. The van der Waals surface area contributed by atoms with E-state index in [1.54, 1.807) is 24.3 Å². The smallest absolute Gasteiger partial charge is 0.255 e. The third-order valence-electron chi connectivity index (χ3n) is 3.69. The first-order valence-electron chi connectivity index (χ1n) is 8.22. The van der Waals surface area contributed by atoms with Crippen molar-refractivity contribution >= 4 is 21.6 Å². The molecule has 0 bridgehead atoms. The number of carbonyl (C=O) groups is 1. The summed E-state index contributed by atoms with van der Waals surface area (Å²) in [5, 5.41) is 2.81. The molecule has 140 valence electrons. The number of nitrogens with one attached hydrogen (secondary N) is 1. The SMILES string of the molecule is Cc1cc(OC(C)C)ccc1NC(=O)c1cccc(S(=O)(=O)N(C)C)c1. The van der Waals surface area contributed by atoms with E-state index in [1.807, 2.05) is 26.8 Å². The Hall–Kier alpha value is -2.38. The van der Waals surface area contributed by atoms with Gasteiger partial charge in [0.05, 0.1) is 11.0 Å². The fraction of sp³-hybridized carbons (Fsp3) is 0.316. The second-order valence-electron chi connectivity index (χ2n) is 6.41. The van der Waals surface area contributed by atoms with Crippen molar-refractivity contribution in [2.75, 3.05) is 19.4 Å². The molecule has 7 heteroatoms. The van der Waals surface area contributed by atoms with Crippen molar-refractivity contribution < 1.29 is 17.9 Å². The molecule has 0 saturated heterocycles. The summed E-state index contributed by atoms with van der Waals surface area (Å²) in [5.41, 5.74) is 1.77. The maximum absolute atomic E-state index is 12.5. The van der Waals surface area contributed by atoms with Crippen molar-refractivity contribution in [2.24, 2.45) is 0 Å². The molecule has 0 aliphatic carbocycles. The number of aryl methyl sites for hydroxylation is 1. The number of carbonyl (C=O) groups excluding carboxylic acids is 1. The number of amides is 1. The molecule has 0 spiro atoms. The van der Waals surface area contributed by atoms with Crippen LogP contribution in [0.4, 0.5) is 5.69 Å². The second kappa shape index (κ2) is 7.88. The van der Waals surface area contributed by atoms with Crippen LogP contribution in [0.5, 0.6) is 5.75 Å². The van der Waals surface area contributed by atoms with Crippen LogP contribution >= 0.6 is 0 Å². The Balaban J connectivity index is 2.23. The number of hydrogen-bond donors (Lipinski definition) is 1. The lowest BCUT2D eigenvalue weighted by molar-refractivity contribution is 0.102. The zero-order valence-corrected chi connectivity index (χ0v) is 16.4. The Morgan fingerprint density at radius 2 is 1.81 bits per heavy atom. The average Bonchev–Trinajstić information content (AvgIpc) is 2.56. The van der Waals surface area contributed by atoms with E-state index < -0.39 is 10.0 Å². The van der Waals surface area contributed by atoms with Crippen LogP contribution in [0.2, 0.25) is 0 Å². The Morgan fingerprint density at radius 3 is 2.38 bits per heavy atom. The number of sulfonamides is 1. The number of rotatable bonds is 6. The number of benzene rings is 2. The highest BCUT2D eigenvalue weighted by Gasteiger charge is 2.19. The normalized spacial score (nSPS) is 11.7. The van der Waals surface area contributed by atoms with Gasteiger partial charge in [0.2, 0.25) is 10.0 Å². The number of hydrogen-bond acceptors (Lipinski definition) is 4. The van der Waals surface area contributed by atoms with Gasteiger partial charge in [0.15, 0.2) is 0 Å². The molecule has 1 amide bonds. The lowest BCUT2D eigenvalue weighted by Gasteiger charge is -2.14. The Labute approximate surface area is 154 Å². The van der Waals surface area contributed by atoms with Gasteiger partial charge in [0.25, 0.3) is 5.91 Å². The molecule has 0 fully saturated rings. The summed E-state index contributed by atoms with van der Waals surface area (Å²) in [4.78, 5) is 12.6. The lowest BCUT2D eigenvalue weighted by Crippen LogP contribution is -2.22. The molecule has 26 heavy (non-hydrogen) atoms. The topological polar surface area (TPSA) is 75.7 Å². The fourth-order valence-corrected chi connectivity index (χ4v) is 3.27. The van der Waals surface area contributed by atoms with Crippen molar-refractivity contribution in [2.45, 2.75) is 31.8 Å². The van der Waals surface area contributed by atoms with E-state index >= 15 is 0 Å². The van der Waals surface area contributed by atoms with E-state index in [9.17, 15) is 13.2 Å². The van der Waals surface area contributed by atoms with E-state index in [0.29, 0.717) is 5.69 Å². The largest absolute Gasteiger partial charge is 0.491 e. The predicted molar refractivity (Wildman–Crippen MR) is 102 cm³/mol. The van der Waals surface area contributed by atoms with Crippen LogP contribution < -0.4 is 10.1 Å². The summed E-state index contributed by atoms with van der Waals surface area (Å²) in [6.45, 7) is 5.76. The molecular formula is C19H24N2O4S. The van der Waals surface area contributed by atoms with Crippen molar-refractivity contribution in [1.29, 1.82) is 0 Å². The van der Waals surface area contributed by atoms with Crippen LogP contribution in [0.1, 0.15) is 29.8 Å². The van der Waals surface area contributed by atoms with Gasteiger partial charge in [-0.15, -0.1) is 0 Å². The molecular weight excluding hydrogens is 352 g/mol. The van der Waals surface area contributed by atoms with Gasteiger partial charge in [-0.05, 0) is 62.7 Å². The number of ether oxygens (including phenoxy) is 1. The first kappa shape index (κ1) is 19.9. The minimum absolute atomic E-state index is 0.0660. The van der Waals surface area contributed by atoms with E-state index in [-0.39, 0.29) is 22.5 Å². The molecule has 0 aromatic heterocycles. The fourth-order valence-electron chi connectivity index (χ4n) is 2.32. The first-order valence-corrected chi connectivity index (χ1v) is 9.66. The Kier molecular flexibility index (Phi) is 6.05. The van der Waals surface area contributed by atoms with Crippen LogP contribution in [0.15, 0.2) is 47.4 Å². The number of nitrogens with zero attached hydrogens (tertiary/aromatic N) is 1. The minimum Gasteiger partial charge on any atom is -0.491 e. The average molecular weight is 376 g/mol. The van der Waals surface area contributed by atoms with E-state index in [4.69, 9.17) is 4.74 Å². The third-order valence-corrected chi connectivity index (χ3v) is 5.50. The highest BCUT2D eigenvalue weighted by molar-refractivity contribution is 7.89. The molecule has 6 nitrogen and oxygen atoms in total. The summed E-state index contributed by atoms with van der Waals surface area (Å²) < 4.78 is 31.2. The van der Waals surface area contributed by atoms with Gasteiger partial charge in [0, 0.05) is 25.3 Å². The molecule has 0 aliphatic heterocycles. The summed E-state index contributed by atoms with van der Waals surface area (Å²) in [6, 6.07) is 11.4. The van der Waals surface area contributed by atoms with E-state index in [0.717, 1.165) is 15.6 Å². The first-order chi connectivity index (χ1) is 12.1. The molecule has 2 aromatic rings. The maximum Gasteiger partial charge on any atom is 0.255 e. The quantitative estimate of drug-likeness (QED) is 0.839.